The zero-order valence-electron chi connectivity index (χ0n) is 14.9. The molecule has 0 saturated carbocycles. The summed E-state index contributed by atoms with van der Waals surface area (Å²) < 4.78 is 0. The minimum absolute atomic E-state index is 0.144. The monoisotopic (exact) mass is 406 g/mol. The largest absolute Gasteiger partial charge is 0.366 e. The Balaban J connectivity index is 1.79. The maximum atomic E-state index is 12.6. The van der Waals surface area contributed by atoms with Crippen molar-refractivity contribution in [1.29, 1.82) is 0 Å². The zero-order valence-corrected chi connectivity index (χ0v) is 16.4. The lowest BCUT2D eigenvalue weighted by atomic mass is 10.2. The second-order valence-corrected chi connectivity index (χ2v) is 6.97. The van der Waals surface area contributed by atoms with Crippen LogP contribution in [0.15, 0.2) is 36.5 Å². The quantitative estimate of drug-likeness (QED) is 0.785. The van der Waals surface area contributed by atoms with Gasteiger partial charge in [-0.15, -0.1) is 0 Å². The molecule has 2 aromatic rings. The normalized spacial score (nSPS) is 14.2. The van der Waals surface area contributed by atoms with Gasteiger partial charge in [0.2, 0.25) is 5.91 Å². The van der Waals surface area contributed by atoms with E-state index in [1.54, 1.807) is 24.3 Å². The van der Waals surface area contributed by atoms with E-state index in [2.05, 4.69) is 15.2 Å². The van der Waals surface area contributed by atoms with Gasteiger partial charge in [-0.3, -0.25) is 9.59 Å². The summed E-state index contributed by atoms with van der Waals surface area (Å²) in [5.41, 5.74) is 1.75. The van der Waals surface area contributed by atoms with E-state index in [4.69, 9.17) is 23.2 Å². The highest BCUT2D eigenvalue weighted by molar-refractivity contribution is 6.33. The topological polar surface area (TPSA) is 65.5 Å². The number of halogens is 2. The van der Waals surface area contributed by atoms with Crippen LogP contribution in [0.1, 0.15) is 23.7 Å². The minimum atomic E-state index is -0.351. The summed E-state index contributed by atoms with van der Waals surface area (Å²) in [6, 6.07) is 8.64. The summed E-state index contributed by atoms with van der Waals surface area (Å²) in [6.07, 6.45) is 2.04. The van der Waals surface area contributed by atoms with Gasteiger partial charge < -0.3 is 15.1 Å². The number of hydrogen-bond donors (Lipinski definition) is 1. The number of benzene rings is 1. The Kier molecular flexibility index (Phi) is 6.19. The van der Waals surface area contributed by atoms with E-state index in [9.17, 15) is 9.59 Å². The second-order valence-electron chi connectivity index (χ2n) is 6.18. The van der Waals surface area contributed by atoms with Crippen LogP contribution >= 0.6 is 23.2 Å². The van der Waals surface area contributed by atoms with Crippen molar-refractivity contribution in [2.24, 2.45) is 0 Å². The molecule has 0 atom stereocenters. The Morgan fingerprint density at radius 1 is 1.15 bits per heavy atom. The van der Waals surface area contributed by atoms with Gasteiger partial charge >= 0.3 is 0 Å². The molecular weight excluding hydrogens is 387 g/mol. The second kappa shape index (κ2) is 8.59. The van der Waals surface area contributed by atoms with Gasteiger partial charge in [0.25, 0.3) is 5.91 Å². The highest BCUT2D eigenvalue weighted by atomic mass is 35.5. The van der Waals surface area contributed by atoms with E-state index in [1.807, 2.05) is 17.9 Å². The van der Waals surface area contributed by atoms with E-state index >= 15 is 0 Å². The molecular formula is C19H20Cl2N4O2. The molecule has 27 heavy (non-hydrogen) atoms. The average Bonchev–Trinajstić information content (AvgIpc) is 2.68. The smallest absolute Gasteiger partial charge is 0.258 e. The van der Waals surface area contributed by atoms with Crippen LogP contribution in [0, 0.1) is 0 Å². The van der Waals surface area contributed by atoms with Gasteiger partial charge in [-0.05, 0) is 30.3 Å². The van der Waals surface area contributed by atoms with Gasteiger partial charge in [0.05, 0.1) is 16.9 Å². The maximum absolute atomic E-state index is 12.6. The third-order valence-corrected chi connectivity index (χ3v) is 5.02. The van der Waals surface area contributed by atoms with Gasteiger partial charge in [0.15, 0.2) is 0 Å². The number of anilines is 2. The minimum Gasteiger partial charge on any atom is -0.366 e. The lowest BCUT2D eigenvalue weighted by Gasteiger charge is -2.37. The van der Waals surface area contributed by atoms with Gasteiger partial charge in [0, 0.05) is 43.8 Å². The first-order valence-electron chi connectivity index (χ1n) is 8.73. The SMILES string of the molecule is CCC(=O)N1CCN(c2ccc(Cl)cc2NC(=O)c2cccnc2Cl)CC1. The molecule has 0 unspecified atom stereocenters. The molecule has 0 radical (unpaired) electrons. The van der Waals surface area contributed by atoms with Crippen LogP contribution in [0.3, 0.4) is 0 Å². The number of hydrogen-bond acceptors (Lipinski definition) is 4. The van der Waals surface area contributed by atoms with Gasteiger partial charge in [-0.25, -0.2) is 4.98 Å². The molecule has 2 amide bonds. The third-order valence-electron chi connectivity index (χ3n) is 4.49. The molecule has 0 bridgehead atoms. The molecule has 1 N–H and O–H groups in total. The van der Waals surface area contributed by atoms with E-state index in [0.29, 0.717) is 48.9 Å². The Hall–Kier alpha value is -2.31. The van der Waals surface area contributed by atoms with Crippen LogP contribution in [0.2, 0.25) is 10.2 Å². The Morgan fingerprint density at radius 2 is 1.89 bits per heavy atom. The van der Waals surface area contributed by atoms with Crippen LogP contribution in [-0.4, -0.2) is 47.9 Å². The van der Waals surface area contributed by atoms with Crippen LogP contribution in [0.4, 0.5) is 11.4 Å². The molecule has 1 aliphatic rings. The van der Waals surface area contributed by atoms with E-state index in [-0.39, 0.29) is 17.0 Å². The summed E-state index contributed by atoms with van der Waals surface area (Å²) in [7, 11) is 0. The Bertz CT molecular complexity index is 851. The van der Waals surface area contributed by atoms with Crippen molar-refractivity contribution >= 4 is 46.4 Å². The average molecular weight is 407 g/mol. The molecule has 0 spiro atoms. The highest BCUT2D eigenvalue weighted by Crippen LogP contribution is 2.31. The molecule has 1 aliphatic heterocycles. The number of pyridine rings is 1. The van der Waals surface area contributed by atoms with Crippen LogP contribution < -0.4 is 10.2 Å². The molecule has 2 heterocycles. The van der Waals surface area contributed by atoms with Gasteiger partial charge in [-0.1, -0.05) is 30.1 Å². The fourth-order valence-corrected chi connectivity index (χ4v) is 3.43. The van der Waals surface area contributed by atoms with Crippen molar-refractivity contribution in [1.82, 2.24) is 9.88 Å². The predicted molar refractivity (Wildman–Crippen MR) is 108 cm³/mol. The molecule has 1 saturated heterocycles. The number of amides is 2. The van der Waals surface area contributed by atoms with Crippen molar-refractivity contribution in [3.63, 3.8) is 0 Å². The molecule has 6 nitrogen and oxygen atoms in total. The molecule has 1 aromatic carbocycles. The first-order chi connectivity index (χ1) is 13.0. The number of nitrogens with zero attached hydrogens (tertiary/aromatic N) is 3. The number of nitrogens with one attached hydrogen (secondary N) is 1. The van der Waals surface area contributed by atoms with Crippen molar-refractivity contribution in [3.8, 4) is 0 Å². The standard InChI is InChI=1S/C19H20Cl2N4O2/c1-2-17(26)25-10-8-24(9-11-25)16-6-5-13(20)12-15(16)23-19(27)14-4-3-7-22-18(14)21/h3-7,12H,2,8-11H2,1H3,(H,23,27). The van der Waals surface area contributed by atoms with Gasteiger partial charge in [0.1, 0.15) is 5.15 Å². The zero-order chi connectivity index (χ0) is 19.4. The van der Waals surface area contributed by atoms with E-state index in [0.717, 1.165) is 5.69 Å². The van der Waals surface area contributed by atoms with E-state index < -0.39 is 0 Å². The molecule has 0 aliphatic carbocycles. The first kappa shape index (κ1) is 19.5. The predicted octanol–water partition coefficient (Wildman–Crippen LogP) is 3.70. The number of rotatable bonds is 4. The summed E-state index contributed by atoms with van der Waals surface area (Å²) in [4.78, 5) is 32.4. The third kappa shape index (κ3) is 4.51. The van der Waals surface area contributed by atoms with Crippen LogP contribution in [0.25, 0.3) is 0 Å². The Labute approximate surface area is 168 Å². The summed E-state index contributed by atoms with van der Waals surface area (Å²) >= 11 is 12.2. The number of aromatic nitrogens is 1. The van der Waals surface area contributed by atoms with Gasteiger partial charge in [-0.2, -0.15) is 0 Å². The summed E-state index contributed by atoms with van der Waals surface area (Å²) in [6.45, 7) is 4.53. The van der Waals surface area contributed by atoms with Crippen molar-refractivity contribution < 1.29 is 9.59 Å². The highest BCUT2D eigenvalue weighted by Gasteiger charge is 2.23. The summed E-state index contributed by atoms with van der Waals surface area (Å²) in [5.74, 6) is -0.193. The number of carbonyl (C=O) groups is 2. The fourth-order valence-electron chi connectivity index (χ4n) is 3.05. The molecule has 1 fully saturated rings. The molecule has 8 heteroatoms. The maximum Gasteiger partial charge on any atom is 0.258 e. The lowest BCUT2D eigenvalue weighted by molar-refractivity contribution is -0.131. The van der Waals surface area contributed by atoms with E-state index in [1.165, 1.54) is 6.20 Å². The Morgan fingerprint density at radius 3 is 2.56 bits per heavy atom. The summed E-state index contributed by atoms with van der Waals surface area (Å²) in [5, 5.41) is 3.54. The van der Waals surface area contributed by atoms with Crippen molar-refractivity contribution in [3.05, 3.63) is 52.3 Å². The fraction of sp³-hybridized carbons (Fsp3) is 0.316. The van der Waals surface area contributed by atoms with Crippen molar-refractivity contribution in [2.75, 3.05) is 36.4 Å². The molecule has 3 rings (SSSR count). The van der Waals surface area contributed by atoms with Crippen LogP contribution in [-0.2, 0) is 4.79 Å². The van der Waals surface area contributed by atoms with Crippen molar-refractivity contribution in [2.45, 2.75) is 13.3 Å². The van der Waals surface area contributed by atoms with Crippen LogP contribution in [0.5, 0.6) is 0 Å². The first-order valence-corrected chi connectivity index (χ1v) is 9.49. The molecule has 142 valence electrons. The number of carbonyl (C=O) groups excluding carboxylic acids is 2. The lowest BCUT2D eigenvalue weighted by Crippen LogP contribution is -2.48. The molecule has 1 aromatic heterocycles. The number of piperazine rings is 1.